The maximum Gasteiger partial charge on any atom is 0.272 e. The number of nitriles is 1. The molecular formula is C35H45BrN4O4. The third-order valence-corrected chi connectivity index (χ3v) is 8.45. The van der Waals surface area contributed by atoms with Gasteiger partial charge in [0.2, 0.25) is 0 Å². The lowest BCUT2D eigenvalue weighted by molar-refractivity contribution is -0.384. The van der Waals surface area contributed by atoms with Gasteiger partial charge in [-0.2, -0.15) is 5.26 Å². The fourth-order valence-electron chi connectivity index (χ4n) is 5.36. The van der Waals surface area contributed by atoms with Gasteiger partial charge in [0.05, 0.1) is 32.6 Å². The monoisotopic (exact) mass is 664 g/mol. The van der Waals surface area contributed by atoms with Gasteiger partial charge in [0.15, 0.2) is 0 Å². The second-order valence-electron chi connectivity index (χ2n) is 11.3. The predicted molar refractivity (Wildman–Crippen MR) is 180 cm³/mol. The van der Waals surface area contributed by atoms with Crippen LogP contribution in [-0.4, -0.2) is 16.6 Å². The Labute approximate surface area is 269 Å². The summed E-state index contributed by atoms with van der Waals surface area (Å²) in [5.41, 5.74) is 0.450. The van der Waals surface area contributed by atoms with Gasteiger partial charge >= 0.3 is 0 Å². The molecule has 0 amide bonds. The van der Waals surface area contributed by atoms with E-state index in [0.29, 0.717) is 28.8 Å². The SMILES string of the molecule is CCCCCCCCCCCCCCCCCCOc1cccc2c(O)ccc(N=Nc3c(Br)cc([N+](=O)[O-])cc3C#N)c12. The Morgan fingerprint density at radius 2 is 1.45 bits per heavy atom. The molecule has 0 aliphatic rings. The summed E-state index contributed by atoms with van der Waals surface area (Å²) < 4.78 is 6.43. The van der Waals surface area contributed by atoms with E-state index in [1.165, 1.54) is 108 Å². The molecule has 0 bridgehead atoms. The second kappa shape index (κ2) is 19.7. The van der Waals surface area contributed by atoms with Gasteiger partial charge in [-0.05, 0) is 40.5 Å². The lowest BCUT2D eigenvalue weighted by Gasteiger charge is -2.12. The van der Waals surface area contributed by atoms with Crippen molar-refractivity contribution in [2.75, 3.05) is 6.61 Å². The molecule has 9 heteroatoms. The molecule has 236 valence electrons. The minimum absolute atomic E-state index is 0.0258. The number of azo groups is 1. The highest BCUT2D eigenvalue weighted by Crippen LogP contribution is 2.41. The number of aromatic hydroxyl groups is 1. The lowest BCUT2D eigenvalue weighted by atomic mass is 10.0. The fraction of sp³-hybridized carbons (Fsp3) is 0.514. The van der Waals surface area contributed by atoms with Crippen LogP contribution in [-0.2, 0) is 0 Å². The molecular weight excluding hydrogens is 620 g/mol. The van der Waals surface area contributed by atoms with E-state index in [0.717, 1.165) is 12.8 Å². The number of unbranched alkanes of at least 4 members (excludes halogenated alkanes) is 15. The standard InChI is InChI=1S/C35H45BrN4O4/c1-2-3-4-5-6-7-8-9-10-11-12-13-14-15-16-17-23-44-33-20-18-19-29-32(41)22-21-31(34(29)33)38-39-35-27(26-37)24-28(40(42)43)25-30(35)36/h18-22,24-25,41H,2-17,23H2,1H3. The van der Waals surface area contributed by atoms with Gasteiger partial charge in [0.1, 0.15) is 23.3 Å². The van der Waals surface area contributed by atoms with Crippen LogP contribution in [0.25, 0.3) is 10.8 Å². The zero-order valence-corrected chi connectivity index (χ0v) is 27.5. The number of rotatable bonds is 21. The number of phenols is 1. The lowest BCUT2D eigenvalue weighted by Crippen LogP contribution is -1.98. The van der Waals surface area contributed by atoms with Crippen LogP contribution in [0.4, 0.5) is 17.1 Å². The van der Waals surface area contributed by atoms with E-state index in [-0.39, 0.29) is 27.2 Å². The first-order valence-corrected chi connectivity index (χ1v) is 16.9. The van der Waals surface area contributed by atoms with Crippen molar-refractivity contribution in [1.82, 2.24) is 0 Å². The zero-order chi connectivity index (χ0) is 31.6. The van der Waals surface area contributed by atoms with Gasteiger partial charge in [-0.25, -0.2) is 0 Å². The summed E-state index contributed by atoms with van der Waals surface area (Å²) in [6.07, 6.45) is 21.0. The molecule has 0 unspecified atom stereocenters. The average Bonchev–Trinajstić information content (AvgIpc) is 3.02. The molecule has 0 heterocycles. The van der Waals surface area contributed by atoms with Crippen LogP contribution in [0, 0.1) is 21.4 Å². The smallest absolute Gasteiger partial charge is 0.272 e. The number of nitro benzene ring substituents is 1. The van der Waals surface area contributed by atoms with Crippen molar-refractivity contribution in [2.45, 2.75) is 110 Å². The van der Waals surface area contributed by atoms with E-state index < -0.39 is 4.92 Å². The third kappa shape index (κ3) is 11.2. The van der Waals surface area contributed by atoms with Gasteiger partial charge in [0.25, 0.3) is 5.69 Å². The quantitative estimate of drug-likeness (QED) is 0.0525. The molecule has 0 saturated carbocycles. The molecule has 0 aromatic heterocycles. The Hall–Kier alpha value is -3.51. The summed E-state index contributed by atoms with van der Waals surface area (Å²) in [7, 11) is 0. The normalized spacial score (nSPS) is 11.3. The first kappa shape index (κ1) is 35.0. The van der Waals surface area contributed by atoms with Gasteiger partial charge in [-0.15, -0.1) is 10.2 Å². The van der Waals surface area contributed by atoms with Crippen LogP contribution in [0.3, 0.4) is 0 Å². The van der Waals surface area contributed by atoms with E-state index in [9.17, 15) is 20.5 Å². The van der Waals surface area contributed by atoms with Gasteiger partial charge in [0, 0.05) is 17.5 Å². The molecule has 3 aromatic carbocycles. The number of fused-ring (bicyclic) bond motifs is 1. The molecule has 0 aliphatic carbocycles. The number of ether oxygens (including phenoxy) is 1. The maximum absolute atomic E-state index is 11.2. The highest BCUT2D eigenvalue weighted by molar-refractivity contribution is 9.10. The Bertz CT molecular complexity index is 1420. The predicted octanol–water partition coefficient (Wildman–Crippen LogP) is 12.1. The molecule has 0 fully saturated rings. The molecule has 0 radical (unpaired) electrons. The van der Waals surface area contributed by atoms with Crippen molar-refractivity contribution >= 4 is 43.8 Å². The van der Waals surface area contributed by atoms with Gasteiger partial charge in [-0.1, -0.05) is 115 Å². The summed E-state index contributed by atoms with van der Waals surface area (Å²) in [5, 5.41) is 41.0. The molecule has 1 N–H and O–H groups in total. The van der Waals surface area contributed by atoms with Crippen LogP contribution in [0.15, 0.2) is 57.2 Å². The highest BCUT2D eigenvalue weighted by atomic mass is 79.9. The topological polar surface area (TPSA) is 121 Å². The molecule has 3 rings (SSSR count). The van der Waals surface area contributed by atoms with Crippen molar-refractivity contribution < 1.29 is 14.8 Å². The Morgan fingerprint density at radius 1 is 0.864 bits per heavy atom. The van der Waals surface area contributed by atoms with E-state index in [1.807, 2.05) is 18.2 Å². The second-order valence-corrected chi connectivity index (χ2v) is 12.2. The molecule has 0 spiro atoms. The van der Waals surface area contributed by atoms with Crippen molar-refractivity contribution in [3.63, 3.8) is 0 Å². The number of nitro groups is 1. The van der Waals surface area contributed by atoms with Gasteiger partial charge < -0.3 is 9.84 Å². The molecule has 44 heavy (non-hydrogen) atoms. The Balaban J connectivity index is 1.45. The minimum atomic E-state index is -0.566. The van der Waals surface area contributed by atoms with E-state index in [2.05, 4.69) is 33.1 Å². The zero-order valence-electron chi connectivity index (χ0n) is 25.9. The van der Waals surface area contributed by atoms with Crippen LogP contribution in [0.2, 0.25) is 0 Å². The Kier molecular flexibility index (Phi) is 15.7. The van der Waals surface area contributed by atoms with Crippen molar-refractivity contribution in [3.05, 3.63) is 62.6 Å². The molecule has 0 saturated heterocycles. The minimum Gasteiger partial charge on any atom is -0.507 e. The van der Waals surface area contributed by atoms with Crippen LogP contribution >= 0.6 is 15.9 Å². The first-order chi connectivity index (χ1) is 21.5. The number of benzene rings is 3. The van der Waals surface area contributed by atoms with Crippen LogP contribution in [0.1, 0.15) is 115 Å². The maximum atomic E-state index is 11.2. The molecule has 0 aliphatic heterocycles. The number of nitrogens with zero attached hydrogens (tertiary/aromatic N) is 4. The van der Waals surface area contributed by atoms with Crippen LogP contribution < -0.4 is 4.74 Å². The molecule has 0 atom stereocenters. The van der Waals surface area contributed by atoms with Crippen molar-refractivity contribution in [3.8, 4) is 17.6 Å². The van der Waals surface area contributed by atoms with Crippen molar-refractivity contribution in [1.29, 1.82) is 5.26 Å². The summed E-state index contributed by atoms with van der Waals surface area (Å²) in [6.45, 7) is 2.82. The number of non-ortho nitro benzene ring substituents is 1. The highest BCUT2D eigenvalue weighted by Gasteiger charge is 2.16. The molecule has 8 nitrogen and oxygen atoms in total. The first-order valence-electron chi connectivity index (χ1n) is 16.1. The fourth-order valence-corrected chi connectivity index (χ4v) is 5.88. The summed E-state index contributed by atoms with van der Waals surface area (Å²) in [6, 6.07) is 13.0. The largest absolute Gasteiger partial charge is 0.507 e. The summed E-state index contributed by atoms with van der Waals surface area (Å²) in [4.78, 5) is 10.6. The van der Waals surface area contributed by atoms with E-state index >= 15 is 0 Å². The number of hydrogen-bond donors (Lipinski definition) is 1. The van der Waals surface area contributed by atoms with Crippen molar-refractivity contribution in [2.24, 2.45) is 10.2 Å². The molecule has 3 aromatic rings. The van der Waals surface area contributed by atoms with E-state index in [4.69, 9.17) is 4.74 Å². The number of hydrogen-bond acceptors (Lipinski definition) is 7. The average molecular weight is 666 g/mol. The van der Waals surface area contributed by atoms with Crippen LogP contribution in [0.5, 0.6) is 11.5 Å². The number of phenolic OH excluding ortho intramolecular Hbond substituents is 1. The summed E-state index contributed by atoms with van der Waals surface area (Å²) in [5.74, 6) is 0.692. The third-order valence-electron chi connectivity index (χ3n) is 7.85. The Morgan fingerprint density at radius 3 is 2.02 bits per heavy atom. The van der Waals surface area contributed by atoms with E-state index in [1.54, 1.807) is 12.1 Å². The van der Waals surface area contributed by atoms with Gasteiger partial charge in [-0.3, -0.25) is 10.1 Å². The summed E-state index contributed by atoms with van der Waals surface area (Å²) >= 11 is 3.27. The number of halogens is 1.